The Hall–Kier alpha value is -3.41. The number of carboxylic acid groups (broad SMARTS) is 1. The topological polar surface area (TPSA) is 84.2 Å². The number of amides is 1. The second-order valence-corrected chi connectivity index (χ2v) is 5.94. The van der Waals surface area contributed by atoms with E-state index in [0.717, 1.165) is 5.56 Å². The van der Waals surface area contributed by atoms with Crippen molar-refractivity contribution in [2.75, 3.05) is 0 Å². The lowest BCUT2D eigenvalue weighted by Gasteiger charge is -2.14. The number of hydrogen-bond donors (Lipinski definition) is 2. The van der Waals surface area contributed by atoms with Crippen LogP contribution in [0.25, 0.3) is 0 Å². The van der Waals surface area contributed by atoms with Crippen molar-refractivity contribution in [2.24, 2.45) is 0 Å². The van der Waals surface area contributed by atoms with Crippen molar-refractivity contribution in [1.82, 2.24) is 15.1 Å². The van der Waals surface area contributed by atoms with E-state index in [2.05, 4.69) is 10.4 Å². The first-order valence-electron chi connectivity index (χ1n) is 8.21. The maximum absolute atomic E-state index is 12.6. The van der Waals surface area contributed by atoms with Crippen LogP contribution in [0.1, 0.15) is 33.2 Å². The average molecular weight is 349 g/mol. The fourth-order valence-electron chi connectivity index (χ4n) is 2.73. The Morgan fingerprint density at radius 1 is 1.08 bits per heavy atom. The van der Waals surface area contributed by atoms with Crippen LogP contribution in [0.15, 0.2) is 66.9 Å². The highest BCUT2D eigenvalue weighted by molar-refractivity contribution is 5.97. The van der Waals surface area contributed by atoms with E-state index in [4.69, 9.17) is 0 Å². The smallest absolute Gasteiger partial charge is 0.330 e. The van der Waals surface area contributed by atoms with Gasteiger partial charge in [0.05, 0.1) is 18.3 Å². The van der Waals surface area contributed by atoms with Crippen molar-refractivity contribution in [2.45, 2.75) is 19.5 Å². The zero-order valence-electron chi connectivity index (χ0n) is 14.3. The molecular weight excluding hydrogens is 330 g/mol. The molecule has 2 aromatic carbocycles. The van der Waals surface area contributed by atoms with Crippen LogP contribution in [-0.4, -0.2) is 26.8 Å². The molecule has 0 spiro atoms. The minimum Gasteiger partial charge on any atom is -0.479 e. The predicted octanol–water partition coefficient (Wildman–Crippen LogP) is 2.80. The third-order valence-electron chi connectivity index (χ3n) is 4.18. The number of aromatic nitrogens is 2. The monoisotopic (exact) mass is 349 g/mol. The van der Waals surface area contributed by atoms with E-state index < -0.39 is 17.9 Å². The van der Waals surface area contributed by atoms with Crippen LogP contribution < -0.4 is 5.32 Å². The third kappa shape index (κ3) is 3.80. The molecule has 0 aliphatic rings. The van der Waals surface area contributed by atoms with Crippen molar-refractivity contribution in [3.05, 3.63) is 89.2 Å². The van der Waals surface area contributed by atoms with Crippen molar-refractivity contribution in [3.8, 4) is 0 Å². The normalized spacial score (nSPS) is 11.7. The summed E-state index contributed by atoms with van der Waals surface area (Å²) < 4.78 is 1.72. The number of benzene rings is 2. The Kier molecular flexibility index (Phi) is 5.12. The number of rotatable bonds is 6. The quantitative estimate of drug-likeness (QED) is 0.717. The van der Waals surface area contributed by atoms with Gasteiger partial charge < -0.3 is 10.4 Å². The van der Waals surface area contributed by atoms with E-state index in [9.17, 15) is 14.7 Å². The molecule has 0 bridgehead atoms. The van der Waals surface area contributed by atoms with Gasteiger partial charge in [-0.15, -0.1) is 0 Å². The summed E-state index contributed by atoms with van der Waals surface area (Å²) in [5.41, 5.74) is 2.63. The van der Waals surface area contributed by atoms with Gasteiger partial charge in [0, 0.05) is 5.69 Å². The summed E-state index contributed by atoms with van der Waals surface area (Å²) in [4.78, 5) is 24.2. The molecule has 3 aromatic rings. The van der Waals surface area contributed by atoms with Crippen LogP contribution in [0.3, 0.4) is 0 Å². The van der Waals surface area contributed by atoms with Gasteiger partial charge in [-0.3, -0.25) is 9.48 Å². The third-order valence-corrected chi connectivity index (χ3v) is 4.18. The van der Waals surface area contributed by atoms with Gasteiger partial charge in [-0.1, -0.05) is 60.7 Å². The molecule has 132 valence electrons. The van der Waals surface area contributed by atoms with Gasteiger partial charge in [-0.2, -0.15) is 5.10 Å². The summed E-state index contributed by atoms with van der Waals surface area (Å²) in [5, 5.41) is 16.3. The molecule has 0 saturated heterocycles. The SMILES string of the molecule is Cc1c(C(=O)N[C@H](C(=O)O)c2ccccc2)cnn1Cc1ccccc1. The molecule has 2 N–H and O–H groups in total. The number of carbonyl (C=O) groups excluding carboxylic acids is 1. The Morgan fingerprint density at radius 3 is 2.31 bits per heavy atom. The highest BCUT2D eigenvalue weighted by Crippen LogP contribution is 2.16. The van der Waals surface area contributed by atoms with Crippen molar-refractivity contribution in [1.29, 1.82) is 0 Å². The van der Waals surface area contributed by atoms with E-state index in [0.29, 0.717) is 23.4 Å². The number of carbonyl (C=O) groups is 2. The fourth-order valence-corrected chi connectivity index (χ4v) is 2.73. The number of carboxylic acids is 1. The molecule has 1 amide bonds. The molecule has 0 radical (unpaired) electrons. The number of aliphatic carboxylic acids is 1. The molecule has 0 aliphatic carbocycles. The second-order valence-electron chi connectivity index (χ2n) is 5.94. The van der Waals surface area contributed by atoms with Crippen LogP contribution in [0, 0.1) is 6.92 Å². The zero-order valence-corrected chi connectivity index (χ0v) is 14.3. The average Bonchev–Trinajstić information content (AvgIpc) is 3.01. The zero-order chi connectivity index (χ0) is 18.5. The summed E-state index contributed by atoms with van der Waals surface area (Å²) in [6.45, 7) is 2.34. The van der Waals surface area contributed by atoms with E-state index in [1.165, 1.54) is 6.20 Å². The Balaban J connectivity index is 1.78. The largest absolute Gasteiger partial charge is 0.479 e. The molecule has 0 aliphatic heterocycles. The van der Waals surface area contributed by atoms with Crippen LogP contribution in [0.5, 0.6) is 0 Å². The Morgan fingerprint density at radius 2 is 1.69 bits per heavy atom. The summed E-state index contributed by atoms with van der Waals surface area (Å²) in [6, 6.07) is 17.3. The van der Waals surface area contributed by atoms with Gasteiger partial charge in [0.25, 0.3) is 5.91 Å². The standard InChI is InChI=1S/C20H19N3O3/c1-14-17(12-21-23(14)13-15-8-4-2-5-9-15)19(24)22-18(20(25)26)16-10-6-3-7-11-16/h2-12,18H,13H2,1H3,(H,22,24)(H,25,26)/t18-/m0/s1. The molecule has 1 atom stereocenters. The number of nitrogens with zero attached hydrogens (tertiary/aromatic N) is 2. The summed E-state index contributed by atoms with van der Waals surface area (Å²) in [5.74, 6) is -1.57. The Labute approximate surface area is 151 Å². The molecular formula is C20H19N3O3. The fraction of sp³-hybridized carbons (Fsp3) is 0.150. The summed E-state index contributed by atoms with van der Waals surface area (Å²) >= 11 is 0. The molecule has 26 heavy (non-hydrogen) atoms. The van der Waals surface area contributed by atoms with Gasteiger partial charge >= 0.3 is 5.97 Å². The van der Waals surface area contributed by atoms with E-state index >= 15 is 0 Å². The van der Waals surface area contributed by atoms with E-state index in [-0.39, 0.29) is 0 Å². The minimum absolute atomic E-state index is 0.364. The molecule has 0 unspecified atom stereocenters. The van der Waals surface area contributed by atoms with Crippen molar-refractivity contribution >= 4 is 11.9 Å². The minimum atomic E-state index is -1.11. The lowest BCUT2D eigenvalue weighted by Crippen LogP contribution is -2.34. The number of hydrogen-bond acceptors (Lipinski definition) is 3. The predicted molar refractivity (Wildman–Crippen MR) is 96.8 cm³/mol. The first kappa shape index (κ1) is 17.4. The van der Waals surface area contributed by atoms with E-state index in [1.807, 2.05) is 30.3 Å². The lowest BCUT2D eigenvalue weighted by atomic mass is 10.1. The van der Waals surface area contributed by atoms with Gasteiger partial charge in [-0.25, -0.2) is 4.79 Å². The van der Waals surface area contributed by atoms with Crippen LogP contribution >= 0.6 is 0 Å². The molecule has 0 fully saturated rings. The van der Waals surface area contributed by atoms with Crippen LogP contribution in [0.2, 0.25) is 0 Å². The van der Waals surface area contributed by atoms with Crippen molar-refractivity contribution in [3.63, 3.8) is 0 Å². The molecule has 1 aromatic heterocycles. The molecule has 3 rings (SSSR count). The second kappa shape index (κ2) is 7.65. The summed E-state index contributed by atoms with van der Waals surface area (Å²) in [7, 11) is 0. The highest BCUT2D eigenvalue weighted by Gasteiger charge is 2.24. The van der Waals surface area contributed by atoms with Crippen LogP contribution in [0.4, 0.5) is 0 Å². The van der Waals surface area contributed by atoms with Crippen molar-refractivity contribution < 1.29 is 14.7 Å². The van der Waals surface area contributed by atoms with Gasteiger partial charge in [0.15, 0.2) is 6.04 Å². The first-order valence-corrected chi connectivity index (χ1v) is 8.21. The molecule has 0 saturated carbocycles. The van der Waals surface area contributed by atoms with E-state index in [1.54, 1.807) is 41.9 Å². The summed E-state index contributed by atoms with van der Waals surface area (Å²) in [6.07, 6.45) is 1.47. The Bertz CT molecular complexity index is 905. The van der Waals surface area contributed by atoms with Gasteiger partial charge in [0.2, 0.25) is 0 Å². The molecule has 1 heterocycles. The van der Waals surface area contributed by atoms with Gasteiger partial charge in [-0.05, 0) is 18.1 Å². The van der Waals surface area contributed by atoms with Gasteiger partial charge in [0.1, 0.15) is 0 Å². The molecule has 6 nitrogen and oxygen atoms in total. The first-order chi connectivity index (χ1) is 12.6. The van der Waals surface area contributed by atoms with Crippen LogP contribution in [-0.2, 0) is 11.3 Å². The maximum atomic E-state index is 12.6. The molecule has 6 heteroatoms. The maximum Gasteiger partial charge on any atom is 0.330 e. The number of nitrogens with one attached hydrogen (secondary N) is 1. The lowest BCUT2D eigenvalue weighted by molar-refractivity contribution is -0.139. The highest BCUT2D eigenvalue weighted by atomic mass is 16.4.